The molecule has 3 aromatic rings. The molecule has 0 N–H and O–H groups in total. The first-order valence-corrected chi connectivity index (χ1v) is 9.77. The van der Waals surface area contributed by atoms with E-state index in [0.29, 0.717) is 11.7 Å². The van der Waals surface area contributed by atoms with Crippen LogP contribution in [-0.2, 0) is 6.54 Å². The van der Waals surface area contributed by atoms with E-state index in [1.54, 1.807) is 12.5 Å². The van der Waals surface area contributed by atoms with Crippen LogP contribution in [-0.4, -0.2) is 38.1 Å². The van der Waals surface area contributed by atoms with E-state index in [-0.39, 0.29) is 0 Å². The van der Waals surface area contributed by atoms with Crippen LogP contribution in [0, 0.1) is 11.8 Å². The first kappa shape index (κ1) is 16.6. The minimum atomic E-state index is 0.649. The van der Waals surface area contributed by atoms with Gasteiger partial charge in [0.25, 0.3) is 0 Å². The van der Waals surface area contributed by atoms with Crippen molar-refractivity contribution in [2.24, 2.45) is 11.8 Å². The van der Waals surface area contributed by atoms with E-state index in [0.717, 1.165) is 35.2 Å². The second-order valence-electron chi connectivity index (χ2n) is 7.68. The molecule has 1 aliphatic carbocycles. The molecule has 27 heavy (non-hydrogen) atoms. The van der Waals surface area contributed by atoms with Crippen molar-refractivity contribution in [3.63, 3.8) is 0 Å². The molecule has 0 radical (unpaired) electrons. The van der Waals surface area contributed by atoms with Crippen LogP contribution in [0.1, 0.15) is 31.6 Å². The molecule has 3 heterocycles. The zero-order valence-corrected chi connectivity index (χ0v) is 15.3. The Labute approximate surface area is 158 Å². The summed E-state index contributed by atoms with van der Waals surface area (Å²) in [5.74, 6) is 3.10. The van der Waals surface area contributed by atoms with Crippen molar-refractivity contribution in [2.75, 3.05) is 13.1 Å². The van der Waals surface area contributed by atoms with Gasteiger partial charge in [0.1, 0.15) is 6.33 Å². The second kappa shape index (κ2) is 7.19. The fourth-order valence-corrected chi connectivity index (χ4v) is 4.51. The molecule has 0 unspecified atom stereocenters. The van der Waals surface area contributed by atoms with Crippen molar-refractivity contribution in [1.82, 2.24) is 25.0 Å². The van der Waals surface area contributed by atoms with Gasteiger partial charge < -0.3 is 4.52 Å². The number of nitrogens with zero attached hydrogens (tertiary/aromatic N) is 5. The molecule has 0 bridgehead atoms. The molecule has 2 fully saturated rings. The molecule has 0 spiro atoms. The summed E-state index contributed by atoms with van der Waals surface area (Å²) < 4.78 is 5.53. The number of likely N-dealkylation sites (tertiary alicyclic amines) is 1. The Morgan fingerprint density at radius 3 is 2.41 bits per heavy atom. The number of rotatable bonds is 4. The SMILES string of the molecule is c1cc(-c2ccc(-c3noc(CN4C[C@H]5CCCC[C@@H]5C4)n3)cc2)ncn1. The summed E-state index contributed by atoms with van der Waals surface area (Å²) in [5.41, 5.74) is 2.91. The minimum Gasteiger partial charge on any atom is -0.338 e. The molecule has 138 valence electrons. The summed E-state index contributed by atoms with van der Waals surface area (Å²) in [6, 6.07) is 9.97. The highest BCUT2D eigenvalue weighted by atomic mass is 16.5. The van der Waals surface area contributed by atoms with Crippen LogP contribution in [0.2, 0.25) is 0 Å². The van der Waals surface area contributed by atoms with Gasteiger partial charge in [-0.3, -0.25) is 4.90 Å². The molecule has 0 amide bonds. The van der Waals surface area contributed by atoms with Crippen LogP contribution in [0.3, 0.4) is 0 Å². The highest BCUT2D eigenvalue weighted by Gasteiger charge is 2.34. The summed E-state index contributed by atoms with van der Waals surface area (Å²) in [6.45, 7) is 3.12. The summed E-state index contributed by atoms with van der Waals surface area (Å²) in [5, 5.41) is 4.18. The van der Waals surface area contributed by atoms with Crippen LogP contribution in [0.4, 0.5) is 0 Å². The van der Waals surface area contributed by atoms with Crippen LogP contribution in [0.5, 0.6) is 0 Å². The predicted molar refractivity (Wildman–Crippen MR) is 101 cm³/mol. The van der Waals surface area contributed by atoms with Gasteiger partial charge in [0.2, 0.25) is 11.7 Å². The fraction of sp³-hybridized carbons (Fsp3) is 0.429. The standard InChI is InChI=1S/C21H23N5O/c1-2-4-18-12-26(11-17(18)3-1)13-20-24-21(25-27-20)16-7-5-15(6-8-16)19-9-10-22-14-23-19/h5-10,14,17-18H,1-4,11-13H2/t17-,18-/m1/s1. The number of aromatic nitrogens is 4. The number of benzene rings is 1. The summed E-state index contributed by atoms with van der Waals surface area (Å²) >= 11 is 0. The third kappa shape index (κ3) is 3.49. The molecule has 1 saturated carbocycles. The predicted octanol–water partition coefficient (Wildman–Crippen LogP) is 3.82. The van der Waals surface area contributed by atoms with Crippen LogP contribution >= 0.6 is 0 Å². The largest absolute Gasteiger partial charge is 0.338 e. The average molecular weight is 361 g/mol. The van der Waals surface area contributed by atoms with Crippen molar-refractivity contribution in [1.29, 1.82) is 0 Å². The lowest BCUT2D eigenvalue weighted by Gasteiger charge is -2.23. The zero-order chi connectivity index (χ0) is 18.1. The molecule has 2 aliphatic rings. The lowest BCUT2D eigenvalue weighted by Crippen LogP contribution is -2.20. The molecule has 2 atom stereocenters. The summed E-state index contributed by atoms with van der Waals surface area (Å²) in [4.78, 5) is 15.3. The number of fused-ring (bicyclic) bond motifs is 1. The normalized spacial score (nSPS) is 22.7. The maximum absolute atomic E-state index is 5.53. The van der Waals surface area contributed by atoms with Gasteiger partial charge in [0.05, 0.1) is 12.2 Å². The zero-order valence-electron chi connectivity index (χ0n) is 15.3. The second-order valence-corrected chi connectivity index (χ2v) is 7.68. The summed E-state index contributed by atoms with van der Waals surface area (Å²) in [6.07, 6.45) is 8.86. The first-order chi connectivity index (χ1) is 13.3. The van der Waals surface area contributed by atoms with E-state index < -0.39 is 0 Å². The van der Waals surface area contributed by atoms with Crippen molar-refractivity contribution in [3.8, 4) is 22.6 Å². The van der Waals surface area contributed by atoms with E-state index >= 15 is 0 Å². The number of hydrogen-bond donors (Lipinski definition) is 0. The van der Waals surface area contributed by atoms with Gasteiger partial charge in [0.15, 0.2) is 0 Å². The van der Waals surface area contributed by atoms with Gasteiger partial charge in [0, 0.05) is 30.4 Å². The molecule has 6 nitrogen and oxygen atoms in total. The third-order valence-electron chi connectivity index (χ3n) is 5.90. The molecule has 6 heteroatoms. The maximum Gasteiger partial charge on any atom is 0.241 e. The van der Waals surface area contributed by atoms with Gasteiger partial charge in [-0.05, 0) is 30.7 Å². The fourth-order valence-electron chi connectivity index (χ4n) is 4.51. The lowest BCUT2D eigenvalue weighted by molar-refractivity contribution is 0.258. The van der Waals surface area contributed by atoms with E-state index in [4.69, 9.17) is 4.52 Å². The maximum atomic E-state index is 5.53. The van der Waals surface area contributed by atoms with Gasteiger partial charge in [-0.1, -0.05) is 42.3 Å². The van der Waals surface area contributed by atoms with E-state index in [9.17, 15) is 0 Å². The van der Waals surface area contributed by atoms with E-state index in [2.05, 4.69) is 25.0 Å². The van der Waals surface area contributed by atoms with Crippen molar-refractivity contribution < 1.29 is 4.52 Å². The Morgan fingerprint density at radius 2 is 1.70 bits per heavy atom. The topological polar surface area (TPSA) is 67.9 Å². The minimum absolute atomic E-state index is 0.649. The Hall–Kier alpha value is -2.60. The molecule has 1 saturated heterocycles. The molecular weight excluding hydrogens is 338 g/mol. The van der Waals surface area contributed by atoms with E-state index in [1.807, 2.05) is 30.3 Å². The smallest absolute Gasteiger partial charge is 0.241 e. The average Bonchev–Trinajstić information content (AvgIpc) is 3.35. The quantitative estimate of drug-likeness (QED) is 0.704. The third-order valence-corrected chi connectivity index (χ3v) is 5.90. The Balaban J connectivity index is 1.27. The molecular formula is C21H23N5O. The van der Waals surface area contributed by atoms with Crippen molar-refractivity contribution in [3.05, 3.63) is 48.7 Å². The lowest BCUT2D eigenvalue weighted by atomic mass is 9.82. The molecule has 1 aliphatic heterocycles. The highest BCUT2D eigenvalue weighted by Crippen LogP contribution is 2.36. The number of hydrogen-bond acceptors (Lipinski definition) is 6. The molecule has 2 aromatic heterocycles. The Kier molecular flexibility index (Phi) is 4.41. The van der Waals surface area contributed by atoms with Crippen LogP contribution in [0.15, 0.2) is 47.4 Å². The molecule has 1 aromatic carbocycles. The van der Waals surface area contributed by atoms with Gasteiger partial charge in [-0.25, -0.2) is 9.97 Å². The van der Waals surface area contributed by atoms with Crippen molar-refractivity contribution in [2.45, 2.75) is 32.2 Å². The van der Waals surface area contributed by atoms with Gasteiger partial charge >= 0.3 is 0 Å². The first-order valence-electron chi connectivity index (χ1n) is 9.77. The Bertz CT molecular complexity index is 878. The van der Waals surface area contributed by atoms with Crippen LogP contribution < -0.4 is 0 Å². The molecule has 5 rings (SSSR count). The Morgan fingerprint density at radius 1 is 0.963 bits per heavy atom. The van der Waals surface area contributed by atoms with Crippen molar-refractivity contribution >= 4 is 0 Å². The monoisotopic (exact) mass is 361 g/mol. The van der Waals surface area contributed by atoms with Crippen LogP contribution in [0.25, 0.3) is 22.6 Å². The van der Waals surface area contributed by atoms with Gasteiger partial charge in [-0.15, -0.1) is 0 Å². The van der Waals surface area contributed by atoms with Gasteiger partial charge in [-0.2, -0.15) is 4.98 Å². The summed E-state index contributed by atoms with van der Waals surface area (Å²) in [7, 11) is 0. The highest BCUT2D eigenvalue weighted by molar-refractivity contribution is 5.64. The van der Waals surface area contributed by atoms with E-state index in [1.165, 1.54) is 38.8 Å².